The molecule has 2 N–H and O–H groups in total. The van der Waals surface area contributed by atoms with Crippen molar-refractivity contribution in [3.05, 3.63) is 34.4 Å². The maximum Gasteiger partial charge on any atom is 0.00392 e. The van der Waals surface area contributed by atoms with Crippen molar-refractivity contribution in [1.29, 1.82) is 0 Å². The normalized spacial score (nSPS) is 25.8. The van der Waals surface area contributed by atoms with Gasteiger partial charge in [-0.05, 0) is 74.6 Å². The van der Waals surface area contributed by atoms with E-state index in [1.807, 2.05) is 0 Å². The molecule has 0 aliphatic heterocycles. The molecule has 1 nitrogen and oxygen atoms in total. The van der Waals surface area contributed by atoms with Crippen LogP contribution in [0.25, 0.3) is 0 Å². The van der Waals surface area contributed by atoms with Gasteiger partial charge in [0.1, 0.15) is 0 Å². The van der Waals surface area contributed by atoms with Crippen molar-refractivity contribution in [2.75, 3.05) is 0 Å². The minimum atomic E-state index is 0.447. The van der Waals surface area contributed by atoms with Gasteiger partial charge < -0.3 is 5.73 Å². The molecule has 2 rings (SSSR count). The van der Waals surface area contributed by atoms with Crippen molar-refractivity contribution < 1.29 is 0 Å². The van der Waals surface area contributed by atoms with Crippen LogP contribution < -0.4 is 5.73 Å². The molecule has 0 spiro atoms. The average Bonchev–Trinajstić information content (AvgIpc) is 2.25. The van der Waals surface area contributed by atoms with Crippen LogP contribution in [0.4, 0.5) is 0 Å². The van der Waals surface area contributed by atoms with Crippen LogP contribution in [-0.4, -0.2) is 6.04 Å². The molecule has 1 saturated carbocycles. The molecular weight excluding hydrogens is 194 g/mol. The first kappa shape index (κ1) is 11.7. The highest BCUT2D eigenvalue weighted by atomic mass is 14.6. The highest BCUT2D eigenvalue weighted by molar-refractivity contribution is 5.38. The van der Waals surface area contributed by atoms with E-state index >= 15 is 0 Å². The summed E-state index contributed by atoms with van der Waals surface area (Å²) < 4.78 is 0. The Labute approximate surface area is 99.0 Å². The predicted octanol–water partition coefficient (Wildman–Crippen LogP) is 3.60. The smallest absolute Gasteiger partial charge is 0.00392 e. The van der Waals surface area contributed by atoms with E-state index in [9.17, 15) is 0 Å². The van der Waals surface area contributed by atoms with Gasteiger partial charge in [-0.1, -0.05) is 12.1 Å². The van der Waals surface area contributed by atoms with Crippen molar-refractivity contribution in [2.24, 2.45) is 5.73 Å². The van der Waals surface area contributed by atoms with Crippen molar-refractivity contribution in [3.63, 3.8) is 0 Å². The third-order valence-corrected chi connectivity index (χ3v) is 4.09. The van der Waals surface area contributed by atoms with Gasteiger partial charge in [-0.15, -0.1) is 0 Å². The molecular formula is C15H23N. The number of benzene rings is 1. The fraction of sp³-hybridized carbons (Fsp3) is 0.600. The SMILES string of the molecule is Cc1cc(C)c(C2CCC(N)CC2)cc1C. The zero-order chi connectivity index (χ0) is 11.7. The van der Waals surface area contributed by atoms with E-state index < -0.39 is 0 Å². The lowest BCUT2D eigenvalue weighted by molar-refractivity contribution is 0.394. The average molecular weight is 217 g/mol. The van der Waals surface area contributed by atoms with E-state index in [1.165, 1.54) is 42.4 Å². The van der Waals surface area contributed by atoms with Crippen LogP contribution in [0.3, 0.4) is 0 Å². The number of hydrogen-bond donors (Lipinski definition) is 1. The first-order valence-corrected chi connectivity index (χ1v) is 6.41. The van der Waals surface area contributed by atoms with Crippen LogP contribution in [0.2, 0.25) is 0 Å². The summed E-state index contributed by atoms with van der Waals surface area (Å²) >= 11 is 0. The van der Waals surface area contributed by atoms with E-state index in [1.54, 1.807) is 5.56 Å². The van der Waals surface area contributed by atoms with Gasteiger partial charge in [0.05, 0.1) is 0 Å². The van der Waals surface area contributed by atoms with Gasteiger partial charge in [-0.25, -0.2) is 0 Å². The topological polar surface area (TPSA) is 26.0 Å². The zero-order valence-electron chi connectivity index (χ0n) is 10.7. The molecule has 1 aliphatic carbocycles. The second-order valence-electron chi connectivity index (χ2n) is 5.40. The standard InChI is InChI=1S/C15H23N/c1-10-8-12(3)15(9-11(10)2)13-4-6-14(16)7-5-13/h8-9,13-14H,4-7,16H2,1-3H3. The van der Waals surface area contributed by atoms with Gasteiger partial charge >= 0.3 is 0 Å². The van der Waals surface area contributed by atoms with E-state index in [-0.39, 0.29) is 0 Å². The van der Waals surface area contributed by atoms with E-state index in [2.05, 4.69) is 32.9 Å². The molecule has 1 aromatic carbocycles. The highest BCUT2D eigenvalue weighted by Crippen LogP contribution is 2.34. The summed E-state index contributed by atoms with van der Waals surface area (Å²) in [5, 5.41) is 0. The molecule has 1 fully saturated rings. The fourth-order valence-electron chi connectivity index (χ4n) is 2.85. The number of hydrogen-bond acceptors (Lipinski definition) is 1. The third kappa shape index (κ3) is 2.30. The van der Waals surface area contributed by atoms with Gasteiger partial charge in [0, 0.05) is 6.04 Å². The summed E-state index contributed by atoms with van der Waals surface area (Å²) in [5.74, 6) is 0.749. The molecule has 0 bridgehead atoms. The van der Waals surface area contributed by atoms with Gasteiger partial charge in [0.2, 0.25) is 0 Å². The summed E-state index contributed by atoms with van der Waals surface area (Å²) in [6.45, 7) is 6.66. The Hall–Kier alpha value is -0.820. The van der Waals surface area contributed by atoms with Gasteiger partial charge in [-0.2, -0.15) is 0 Å². The van der Waals surface area contributed by atoms with Crippen LogP contribution >= 0.6 is 0 Å². The molecule has 0 aromatic heterocycles. The van der Waals surface area contributed by atoms with Crippen molar-refractivity contribution in [1.82, 2.24) is 0 Å². The Bertz CT molecular complexity index is 373. The van der Waals surface area contributed by atoms with Crippen LogP contribution in [0.1, 0.15) is 53.9 Å². The summed E-state index contributed by atoms with van der Waals surface area (Å²) in [5.41, 5.74) is 11.8. The maximum absolute atomic E-state index is 5.97. The van der Waals surface area contributed by atoms with Gasteiger partial charge in [0.15, 0.2) is 0 Å². The summed E-state index contributed by atoms with van der Waals surface area (Å²) in [7, 11) is 0. The molecule has 0 heterocycles. The highest BCUT2D eigenvalue weighted by Gasteiger charge is 2.21. The summed E-state index contributed by atoms with van der Waals surface area (Å²) in [4.78, 5) is 0. The molecule has 16 heavy (non-hydrogen) atoms. The molecule has 0 saturated heterocycles. The van der Waals surface area contributed by atoms with Crippen LogP contribution in [0, 0.1) is 20.8 Å². The number of nitrogens with two attached hydrogens (primary N) is 1. The maximum atomic E-state index is 5.97. The molecule has 0 amide bonds. The van der Waals surface area contributed by atoms with E-state index in [0.29, 0.717) is 6.04 Å². The Balaban J connectivity index is 2.23. The molecule has 0 unspecified atom stereocenters. The van der Waals surface area contributed by atoms with Crippen molar-refractivity contribution in [3.8, 4) is 0 Å². The first-order chi connectivity index (χ1) is 7.58. The monoisotopic (exact) mass is 217 g/mol. The lowest BCUT2D eigenvalue weighted by atomic mass is 9.79. The Morgan fingerprint density at radius 1 is 0.875 bits per heavy atom. The summed E-state index contributed by atoms with van der Waals surface area (Å²) in [6, 6.07) is 5.17. The molecule has 1 aromatic rings. The largest absolute Gasteiger partial charge is 0.328 e. The third-order valence-electron chi connectivity index (χ3n) is 4.09. The minimum Gasteiger partial charge on any atom is -0.328 e. The molecule has 1 heteroatoms. The Morgan fingerprint density at radius 2 is 1.44 bits per heavy atom. The van der Waals surface area contributed by atoms with E-state index in [0.717, 1.165) is 5.92 Å². The number of rotatable bonds is 1. The zero-order valence-corrected chi connectivity index (χ0v) is 10.7. The van der Waals surface area contributed by atoms with Gasteiger partial charge in [0.25, 0.3) is 0 Å². The van der Waals surface area contributed by atoms with Crippen LogP contribution in [0.5, 0.6) is 0 Å². The Morgan fingerprint density at radius 3 is 2.06 bits per heavy atom. The first-order valence-electron chi connectivity index (χ1n) is 6.41. The molecule has 1 aliphatic rings. The predicted molar refractivity (Wildman–Crippen MR) is 69.8 cm³/mol. The molecule has 88 valence electrons. The quantitative estimate of drug-likeness (QED) is 0.764. The second-order valence-corrected chi connectivity index (χ2v) is 5.40. The van der Waals surface area contributed by atoms with E-state index in [4.69, 9.17) is 5.73 Å². The van der Waals surface area contributed by atoms with Crippen molar-refractivity contribution in [2.45, 2.75) is 58.4 Å². The van der Waals surface area contributed by atoms with Crippen LogP contribution in [0.15, 0.2) is 12.1 Å². The molecule has 0 radical (unpaired) electrons. The van der Waals surface area contributed by atoms with Crippen LogP contribution in [-0.2, 0) is 0 Å². The summed E-state index contributed by atoms with van der Waals surface area (Å²) in [6.07, 6.45) is 4.92. The minimum absolute atomic E-state index is 0.447. The Kier molecular flexibility index (Phi) is 3.34. The van der Waals surface area contributed by atoms with Crippen molar-refractivity contribution >= 4 is 0 Å². The van der Waals surface area contributed by atoms with Gasteiger partial charge in [-0.3, -0.25) is 0 Å². The lowest BCUT2D eigenvalue weighted by Crippen LogP contribution is -2.26. The number of aryl methyl sites for hydroxylation is 3. The molecule has 0 atom stereocenters. The fourth-order valence-corrected chi connectivity index (χ4v) is 2.85. The lowest BCUT2D eigenvalue weighted by Gasteiger charge is -2.28. The second kappa shape index (κ2) is 4.58.